The molecule has 3 aromatic carbocycles. The molecular weight excluding hydrogens is 559 g/mol. The number of hydrogen-bond acceptors (Lipinski definition) is 6. The van der Waals surface area contributed by atoms with Gasteiger partial charge in [-0.2, -0.15) is 0 Å². The average molecular weight is 586 g/mol. The summed E-state index contributed by atoms with van der Waals surface area (Å²) in [6.45, 7) is 5.97. The summed E-state index contributed by atoms with van der Waals surface area (Å²) in [5, 5.41) is 3.18. The van der Waals surface area contributed by atoms with Crippen molar-refractivity contribution in [2.45, 2.75) is 27.4 Å². The monoisotopic (exact) mass is 584 g/mol. The molecule has 0 saturated carbocycles. The molecule has 0 bridgehead atoms. The molecule has 1 aliphatic rings. The molecule has 4 rings (SSSR count). The van der Waals surface area contributed by atoms with Crippen LogP contribution < -0.4 is 14.8 Å². The van der Waals surface area contributed by atoms with E-state index in [1.54, 1.807) is 42.5 Å². The van der Waals surface area contributed by atoms with Gasteiger partial charge in [0.15, 0.2) is 11.5 Å². The maximum absolute atomic E-state index is 13.0. The number of hydrogen-bond donors (Lipinski definition) is 1. The second kappa shape index (κ2) is 12.6. The van der Waals surface area contributed by atoms with E-state index in [9.17, 15) is 14.4 Å². The number of benzene rings is 3. The smallest absolute Gasteiger partial charge is 0.294 e. The first-order valence-electron chi connectivity index (χ1n) is 12.1. The van der Waals surface area contributed by atoms with E-state index in [-0.39, 0.29) is 18.1 Å². The lowest BCUT2D eigenvalue weighted by Crippen LogP contribution is -2.36. The lowest BCUT2D eigenvalue weighted by molar-refractivity contribution is -0.127. The van der Waals surface area contributed by atoms with Crippen LogP contribution >= 0.6 is 35.0 Å². The fraction of sp³-hybridized carbons (Fsp3) is 0.207. The number of thioether (sulfide) groups is 1. The summed E-state index contributed by atoms with van der Waals surface area (Å²) >= 11 is 12.9. The lowest BCUT2D eigenvalue weighted by atomic mass is 10.1. The fourth-order valence-electron chi connectivity index (χ4n) is 3.80. The Morgan fingerprint density at radius 3 is 2.54 bits per heavy atom. The molecule has 0 spiro atoms. The quantitative estimate of drug-likeness (QED) is 0.266. The number of nitrogens with one attached hydrogen (secondary N) is 1. The molecule has 0 aliphatic carbocycles. The Balaban J connectivity index is 1.45. The molecule has 39 heavy (non-hydrogen) atoms. The molecular formula is C29H26Cl2N2O5S. The highest BCUT2D eigenvalue weighted by atomic mass is 35.5. The summed E-state index contributed by atoms with van der Waals surface area (Å²) in [6, 6.07) is 16.0. The third-order valence-corrected chi connectivity index (χ3v) is 7.64. The zero-order valence-electron chi connectivity index (χ0n) is 21.5. The summed E-state index contributed by atoms with van der Waals surface area (Å²) in [6.07, 6.45) is 1.60. The second-order valence-corrected chi connectivity index (χ2v) is 10.5. The molecule has 3 amide bonds. The standard InChI is InChI=1S/C29H26Cl2N2O5S/c1-4-37-25-13-19(9-11-24(25)38-16-20-8-10-21(30)22(31)12-20)14-26-28(35)33(29(36)39-26)15-27(34)32-23-7-5-6-17(2)18(23)3/h5-14H,4,15-16H2,1-3H3,(H,32,34)/b26-14+. The minimum absolute atomic E-state index is 0.214. The van der Waals surface area contributed by atoms with Crippen LogP contribution in [0.15, 0.2) is 59.5 Å². The Morgan fingerprint density at radius 2 is 1.79 bits per heavy atom. The molecule has 0 aromatic heterocycles. The van der Waals surface area contributed by atoms with E-state index < -0.39 is 17.1 Å². The predicted molar refractivity (Wildman–Crippen MR) is 156 cm³/mol. The maximum atomic E-state index is 13.0. The zero-order chi connectivity index (χ0) is 28.1. The van der Waals surface area contributed by atoms with Gasteiger partial charge in [-0.05, 0) is 91.2 Å². The van der Waals surface area contributed by atoms with Crippen LogP contribution in [0.25, 0.3) is 6.08 Å². The minimum Gasteiger partial charge on any atom is -0.490 e. The summed E-state index contributed by atoms with van der Waals surface area (Å²) in [5.41, 5.74) is 4.08. The van der Waals surface area contributed by atoms with Crippen molar-refractivity contribution in [1.82, 2.24) is 4.90 Å². The molecule has 0 unspecified atom stereocenters. The van der Waals surface area contributed by atoms with Crippen molar-refractivity contribution in [2.24, 2.45) is 0 Å². The van der Waals surface area contributed by atoms with Crippen molar-refractivity contribution in [1.29, 1.82) is 0 Å². The van der Waals surface area contributed by atoms with Gasteiger partial charge < -0.3 is 14.8 Å². The van der Waals surface area contributed by atoms with Crippen LogP contribution in [0.5, 0.6) is 11.5 Å². The highest BCUT2D eigenvalue weighted by Crippen LogP contribution is 2.35. The maximum Gasteiger partial charge on any atom is 0.294 e. The van der Waals surface area contributed by atoms with Crippen LogP contribution in [0.4, 0.5) is 10.5 Å². The number of carbonyl (C=O) groups is 3. The Labute approximate surface area is 241 Å². The lowest BCUT2D eigenvalue weighted by Gasteiger charge is -2.14. The van der Waals surface area contributed by atoms with Crippen LogP contribution in [0, 0.1) is 13.8 Å². The molecule has 3 aromatic rings. The molecule has 1 fully saturated rings. The number of imide groups is 1. The first-order valence-corrected chi connectivity index (χ1v) is 13.7. The van der Waals surface area contributed by atoms with Crippen LogP contribution in [-0.2, 0) is 16.2 Å². The molecule has 0 radical (unpaired) electrons. The van der Waals surface area contributed by atoms with Gasteiger partial charge in [0, 0.05) is 5.69 Å². The van der Waals surface area contributed by atoms with Gasteiger partial charge in [0.25, 0.3) is 11.1 Å². The van der Waals surface area contributed by atoms with Crippen molar-refractivity contribution in [3.8, 4) is 11.5 Å². The van der Waals surface area contributed by atoms with Gasteiger partial charge in [-0.3, -0.25) is 19.3 Å². The van der Waals surface area contributed by atoms with Gasteiger partial charge >= 0.3 is 0 Å². The van der Waals surface area contributed by atoms with E-state index in [1.165, 1.54) is 0 Å². The van der Waals surface area contributed by atoms with Crippen LogP contribution in [0.3, 0.4) is 0 Å². The number of aryl methyl sites for hydroxylation is 1. The topological polar surface area (TPSA) is 84.9 Å². The Bertz CT molecular complexity index is 1470. The van der Waals surface area contributed by atoms with Gasteiger partial charge in [0.1, 0.15) is 13.2 Å². The zero-order valence-corrected chi connectivity index (χ0v) is 23.9. The van der Waals surface area contributed by atoms with Crippen molar-refractivity contribution >= 4 is 63.8 Å². The van der Waals surface area contributed by atoms with E-state index in [1.807, 2.05) is 39.0 Å². The second-order valence-electron chi connectivity index (χ2n) is 8.74. The van der Waals surface area contributed by atoms with E-state index in [0.717, 1.165) is 33.4 Å². The number of nitrogens with zero attached hydrogens (tertiary/aromatic N) is 1. The first-order chi connectivity index (χ1) is 18.7. The number of halogens is 2. The number of carbonyl (C=O) groups excluding carboxylic acids is 3. The number of anilines is 1. The summed E-state index contributed by atoms with van der Waals surface area (Å²) < 4.78 is 11.7. The fourth-order valence-corrected chi connectivity index (χ4v) is 4.96. The third kappa shape index (κ3) is 6.95. The van der Waals surface area contributed by atoms with Gasteiger partial charge in [-0.15, -0.1) is 0 Å². The molecule has 7 nitrogen and oxygen atoms in total. The number of rotatable bonds is 9. The van der Waals surface area contributed by atoms with Crippen molar-refractivity contribution in [3.63, 3.8) is 0 Å². The average Bonchev–Trinajstić information content (AvgIpc) is 3.15. The molecule has 0 atom stereocenters. The molecule has 1 saturated heterocycles. The van der Waals surface area contributed by atoms with E-state index in [2.05, 4.69) is 5.32 Å². The predicted octanol–water partition coefficient (Wildman–Crippen LogP) is 7.26. The van der Waals surface area contributed by atoms with Crippen LogP contribution in [-0.4, -0.2) is 35.1 Å². The summed E-state index contributed by atoms with van der Waals surface area (Å²) in [7, 11) is 0. The number of amides is 3. The van der Waals surface area contributed by atoms with Gasteiger partial charge in [0.2, 0.25) is 5.91 Å². The largest absolute Gasteiger partial charge is 0.490 e. The summed E-state index contributed by atoms with van der Waals surface area (Å²) in [5.74, 6) is 0.0168. The molecule has 1 aliphatic heterocycles. The van der Waals surface area contributed by atoms with E-state index in [0.29, 0.717) is 39.4 Å². The summed E-state index contributed by atoms with van der Waals surface area (Å²) in [4.78, 5) is 39.3. The van der Waals surface area contributed by atoms with Crippen molar-refractivity contribution in [2.75, 3.05) is 18.5 Å². The SMILES string of the molecule is CCOc1cc(/C=C2/SC(=O)N(CC(=O)Nc3cccc(C)c3C)C2=O)ccc1OCc1ccc(Cl)c(Cl)c1. The molecule has 202 valence electrons. The van der Waals surface area contributed by atoms with Crippen molar-refractivity contribution < 1.29 is 23.9 Å². The highest BCUT2D eigenvalue weighted by molar-refractivity contribution is 8.18. The number of ether oxygens (including phenoxy) is 2. The highest BCUT2D eigenvalue weighted by Gasteiger charge is 2.36. The van der Waals surface area contributed by atoms with Gasteiger partial charge in [-0.1, -0.05) is 47.5 Å². The Kier molecular flexibility index (Phi) is 9.22. The molecule has 1 N–H and O–H groups in total. The van der Waals surface area contributed by atoms with Crippen LogP contribution in [0.2, 0.25) is 10.0 Å². The minimum atomic E-state index is -0.529. The molecule has 10 heteroatoms. The molecule has 1 heterocycles. The van der Waals surface area contributed by atoms with E-state index in [4.69, 9.17) is 32.7 Å². The van der Waals surface area contributed by atoms with E-state index >= 15 is 0 Å². The first kappa shape index (κ1) is 28.5. The normalized spacial score (nSPS) is 14.2. The van der Waals surface area contributed by atoms with Gasteiger partial charge in [-0.25, -0.2) is 0 Å². The van der Waals surface area contributed by atoms with Crippen LogP contribution in [0.1, 0.15) is 29.2 Å². The van der Waals surface area contributed by atoms with Gasteiger partial charge in [0.05, 0.1) is 21.6 Å². The Morgan fingerprint density at radius 1 is 1.00 bits per heavy atom. The van der Waals surface area contributed by atoms with Crippen molar-refractivity contribution in [3.05, 3.63) is 91.8 Å². The third-order valence-electron chi connectivity index (χ3n) is 6.00. The Hall–Kier alpha value is -3.46.